The van der Waals surface area contributed by atoms with Crippen LogP contribution in [0, 0.1) is 0 Å². The number of hydrogen-bond donors (Lipinski definition) is 0. The Bertz CT molecular complexity index is 1170. The van der Waals surface area contributed by atoms with Crippen LogP contribution in [0.5, 0.6) is 0 Å². The molecule has 0 spiro atoms. The highest BCUT2D eigenvalue weighted by Crippen LogP contribution is 2.24. The third-order valence-electron chi connectivity index (χ3n) is 5.35. The van der Waals surface area contributed by atoms with Crippen LogP contribution in [0.4, 0.5) is 0 Å². The number of carbonyl (C=O) groups is 1. The molecule has 0 bridgehead atoms. The molecule has 1 aliphatic rings. The van der Waals surface area contributed by atoms with E-state index in [9.17, 15) is 9.59 Å². The first-order chi connectivity index (χ1) is 15.0. The maximum Gasteiger partial charge on any atom is 0.261 e. The summed E-state index contributed by atoms with van der Waals surface area (Å²) in [6, 6.07) is 13.2. The molecule has 2 heterocycles. The van der Waals surface area contributed by atoms with Crippen molar-refractivity contribution in [1.82, 2.24) is 19.4 Å². The summed E-state index contributed by atoms with van der Waals surface area (Å²) in [6.45, 7) is 3.63. The molecular weight excluding hydrogens is 435 g/mol. The van der Waals surface area contributed by atoms with Crippen molar-refractivity contribution in [1.29, 1.82) is 0 Å². The zero-order chi connectivity index (χ0) is 21.8. The standard InChI is InChI=1S/C23H22Cl2N4O2/c24-18-13-19-22(20(25)14-18)26-16-29(23(19)31)15-21(30)28-11-9-27(10-12-28)8-4-7-17-5-2-1-3-6-17/h1-7,13-14,16H,8-12,15H2/b7-4+. The number of nitrogens with zero attached hydrogens (tertiary/aromatic N) is 4. The Morgan fingerprint density at radius 1 is 1.06 bits per heavy atom. The summed E-state index contributed by atoms with van der Waals surface area (Å²) in [7, 11) is 0. The number of hydrogen-bond acceptors (Lipinski definition) is 4. The average Bonchev–Trinajstić information content (AvgIpc) is 2.77. The quantitative estimate of drug-likeness (QED) is 0.588. The smallest absolute Gasteiger partial charge is 0.261 e. The van der Waals surface area contributed by atoms with Gasteiger partial charge < -0.3 is 4.90 Å². The Morgan fingerprint density at radius 2 is 1.81 bits per heavy atom. The zero-order valence-electron chi connectivity index (χ0n) is 16.9. The molecule has 2 aromatic carbocycles. The largest absolute Gasteiger partial charge is 0.339 e. The van der Waals surface area contributed by atoms with E-state index in [0.717, 1.165) is 19.6 Å². The minimum atomic E-state index is -0.326. The van der Waals surface area contributed by atoms with Crippen LogP contribution in [0.15, 0.2) is 59.7 Å². The Labute approximate surface area is 190 Å². The van der Waals surface area contributed by atoms with Gasteiger partial charge in [0.25, 0.3) is 5.56 Å². The normalized spacial score (nSPS) is 15.1. The van der Waals surface area contributed by atoms with Crippen LogP contribution in [-0.4, -0.2) is 58.0 Å². The summed E-state index contributed by atoms with van der Waals surface area (Å²) >= 11 is 12.1. The van der Waals surface area contributed by atoms with Crippen molar-refractivity contribution in [3.05, 3.63) is 80.8 Å². The lowest BCUT2D eigenvalue weighted by molar-refractivity contribution is -0.133. The van der Waals surface area contributed by atoms with Crippen LogP contribution in [0.1, 0.15) is 5.56 Å². The molecule has 160 valence electrons. The van der Waals surface area contributed by atoms with Gasteiger partial charge in [-0.15, -0.1) is 0 Å². The third-order valence-corrected chi connectivity index (χ3v) is 5.86. The average molecular weight is 457 g/mol. The molecule has 0 atom stereocenters. The lowest BCUT2D eigenvalue weighted by atomic mass is 10.2. The van der Waals surface area contributed by atoms with E-state index in [-0.39, 0.29) is 18.0 Å². The zero-order valence-corrected chi connectivity index (χ0v) is 18.4. The molecule has 1 fully saturated rings. The van der Waals surface area contributed by atoms with Crippen molar-refractivity contribution in [3.8, 4) is 0 Å². The molecule has 1 saturated heterocycles. The second kappa shape index (κ2) is 9.64. The van der Waals surface area contributed by atoms with Gasteiger partial charge in [-0.3, -0.25) is 19.1 Å². The predicted molar refractivity (Wildman–Crippen MR) is 125 cm³/mol. The maximum atomic E-state index is 12.8. The fourth-order valence-electron chi connectivity index (χ4n) is 3.64. The number of rotatable bonds is 5. The molecule has 1 amide bonds. The van der Waals surface area contributed by atoms with Crippen molar-refractivity contribution < 1.29 is 4.79 Å². The van der Waals surface area contributed by atoms with Gasteiger partial charge in [-0.1, -0.05) is 65.7 Å². The Morgan fingerprint density at radius 3 is 2.55 bits per heavy atom. The van der Waals surface area contributed by atoms with Gasteiger partial charge in [0, 0.05) is 37.7 Å². The fourth-order valence-corrected chi connectivity index (χ4v) is 4.18. The number of halogens is 2. The van der Waals surface area contributed by atoms with Gasteiger partial charge in [-0.05, 0) is 17.7 Å². The van der Waals surface area contributed by atoms with Gasteiger partial charge in [-0.25, -0.2) is 4.98 Å². The topological polar surface area (TPSA) is 58.4 Å². The molecule has 6 nitrogen and oxygen atoms in total. The van der Waals surface area contributed by atoms with Gasteiger partial charge in [0.2, 0.25) is 5.91 Å². The van der Waals surface area contributed by atoms with Gasteiger partial charge in [0.05, 0.1) is 22.3 Å². The Hall–Kier alpha value is -2.67. The monoisotopic (exact) mass is 456 g/mol. The van der Waals surface area contributed by atoms with Crippen molar-refractivity contribution in [2.24, 2.45) is 0 Å². The van der Waals surface area contributed by atoms with E-state index < -0.39 is 0 Å². The van der Waals surface area contributed by atoms with E-state index in [1.54, 1.807) is 11.0 Å². The number of benzene rings is 2. The highest BCUT2D eigenvalue weighted by Gasteiger charge is 2.21. The van der Waals surface area contributed by atoms with Gasteiger partial charge in [-0.2, -0.15) is 0 Å². The minimum Gasteiger partial charge on any atom is -0.339 e. The number of fused-ring (bicyclic) bond motifs is 1. The summed E-state index contributed by atoms with van der Waals surface area (Å²) < 4.78 is 1.31. The first kappa shape index (κ1) is 21.6. The minimum absolute atomic E-state index is 0.0557. The summed E-state index contributed by atoms with van der Waals surface area (Å²) in [6.07, 6.45) is 5.62. The third kappa shape index (κ3) is 5.15. The van der Waals surface area contributed by atoms with Crippen LogP contribution in [0.25, 0.3) is 17.0 Å². The van der Waals surface area contributed by atoms with E-state index in [0.29, 0.717) is 34.0 Å². The van der Waals surface area contributed by atoms with Crippen molar-refractivity contribution >= 4 is 46.1 Å². The van der Waals surface area contributed by atoms with Crippen LogP contribution < -0.4 is 5.56 Å². The van der Waals surface area contributed by atoms with E-state index in [1.165, 1.54) is 22.5 Å². The highest BCUT2D eigenvalue weighted by atomic mass is 35.5. The maximum absolute atomic E-state index is 12.8. The number of aromatic nitrogens is 2. The first-order valence-electron chi connectivity index (χ1n) is 10.1. The SMILES string of the molecule is O=C(Cn1cnc2c(Cl)cc(Cl)cc2c1=O)N1CCN(C/C=C/c2ccccc2)CC1. The van der Waals surface area contributed by atoms with Crippen molar-refractivity contribution in [2.45, 2.75) is 6.54 Å². The number of amides is 1. The van der Waals surface area contributed by atoms with Crippen LogP contribution in [0.2, 0.25) is 10.0 Å². The summed E-state index contributed by atoms with van der Waals surface area (Å²) in [4.78, 5) is 33.8. The van der Waals surface area contributed by atoms with E-state index in [2.05, 4.69) is 34.2 Å². The van der Waals surface area contributed by atoms with Crippen molar-refractivity contribution in [3.63, 3.8) is 0 Å². The summed E-state index contributed by atoms with van der Waals surface area (Å²) in [5, 5.41) is 0.983. The summed E-state index contributed by atoms with van der Waals surface area (Å²) in [5.41, 5.74) is 1.23. The molecule has 1 aliphatic heterocycles. The fraction of sp³-hybridized carbons (Fsp3) is 0.261. The number of carbonyl (C=O) groups excluding carboxylic acids is 1. The van der Waals surface area contributed by atoms with Gasteiger partial charge in [0.15, 0.2) is 0 Å². The lowest BCUT2D eigenvalue weighted by Crippen LogP contribution is -2.49. The van der Waals surface area contributed by atoms with E-state index in [4.69, 9.17) is 23.2 Å². The lowest BCUT2D eigenvalue weighted by Gasteiger charge is -2.34. The first-order valence-corrected chi connectivity index (χ1v) is 10.8. The molecule has 31 heavy (non-hydrogen) atoms. The van der Waals surface area contributed by atoms with Crippen LogP contribution in [-0.2, 0) is 11.3 Å². The Kier molecular flexibility index (Phi) is 6.70. The van der Waals surface area contributed by atoms with E-state index in [1.807, 2.05) is 18.2 Å². The molecule has 3 aromatic rings. The van der Waals surface area contributed by atoms with Crippen LogP contribution in [0.3, 0.4) is 0 Å². The molecule has 0 unspecified atom stereocenters. The van der Waals surface area contributed by atoms with E-state index >= 15 is 0 Å². The molecule has 0 aliphatic carbocycles. The second-order valence-corrected chi connectivity index (χ2v) is 8.30. The van der Waals surface area contributed by atoms with Crippen LogP contribution >= 0.6 is 23.2 Å². The molecule has 4 rings (SSSR count). The molecule has 1 aromatic heterocycles. The molecule has 0 radical (unpaired) electrons. The summed E-state index contributed by atoms with van der Waals surface area (Å²) in [5.74, 6) is -0.101. The predicted octanol–water partition coefficient (Wildman–Crippen LogP) is 3.56. The molecule has 0 saturated carbocycles. The molecule has 8 heteroatoms. The van der Waals surface area contributed by atoms with Crippen molar-refractivity contribution in [2.75, 3.05) is 32.7 Å². The molecule has 0 N–H and O–H groups in total. The second-order valence-electron chi connectivity index (χ2n) is 7.46. The number of piperazine rings is 1. The highest BCUT2D eigenvalue weighted by molar-refractivity contribution is 6.38. The Balaban J connectivity index is 1.35. The van der Waals surface area contributed by atoms with Gasteiger partial charge >= 0.3 is 0 Å². The molecular formula is C23H22Cl2N4O2. The van der Waals surface area contributed by atoms with Gasteiger partial charge in [0.1, 0.15) is 6.54 Å².